The van der Waals surface area contributed by atoms with E-state index >= 15 is 0 Å². The predicted octanol–water partition coefficient (Wildman–Crippen LogP) is 0.989. The van der Waals surface area contributed by atoms with Gasteiger partial charge >= 0.3 is 29.8 Å². The molecule has 0 aromatic heterocycles. The molecule has 0 amide bonds. The van der Waals surface area contributed by atoms with Crippen LogP contribution in [-0.4, -0.2) is 70.1 Å². The van der Waals surface area contributed by atoms with Crippen molar-refractivity contribution in [1.82, 2.24) is 0 Å². The van der Waals surface area contributed by atoms with Crippen molar-refractivity contribution in [3.8, 4) is 0 Å². The number of carbonyl (C=O) groups excluding carboxylic acids is 5. The summed E-state index contributed by atoms with van der Waals surface area (Å²) in [5.74, 6) is -5.81. The van der Waals surface area contributed by atoms with E-state index in [0.717, 1.165) is 35.5 Å². The van der Waals surface area contributed by atoms with Gasteiger partial charge in [-0.05, 0) is 12.1 Å². The molecule has 32 heavy (non-hydrogen) atoms. The Hall–Kier alpha value is -3.60. The number of esters is 5. The summed E-state index contributed by atoms with van der Waals surface area (Å²) in [5.41, 5.74) is -2.59. The van der Waals surface area contributed by atoms with Gasteiger partial charge in [-0.2, -0.15) is 0 Å². The molecular weight excluding hydrogens is 444 g/mol. The lowest BCUT2D eigenvalue weighted by Gasteiger charge is -2.30. The smallest absolute Gasteiger partial charge is 0.339 e. The summed E-state index contributed by atoms with van der Waals surface area (Å²) in [7, 11) is 5.03. The van der Waals surface area contributed by atoms with E-state index in [1.54, 1.807) is 30.3 Å². The van der Waals surface area contributed by atoms with Crippen molar-refractivity contribution in [2.24, 2.45) is 0 Å². The number of hydrogen-bond donors (Lipinski definition) is 0. The van der Waals surface area contributed by atoms with Crippen molar-refractivity contribution in [2.75, 3.05) is 35.5 Å². The largest absolute Gasteiger partial charge is 0.467 e. The van der Waals surface area contributed by atoms with Crippen molar-refractivity contribution >= 4 is 41.6 Å². The monoisotopic (exact) mass is 464 g/mol. The van der Waals surface area contributed by atoms with Crippen LogP contribution in [0.25, 0.3) is 0 Å². The maximum Gasteiger partial charge on any atom is 0.339 e. The van der Waals surface area contributed by atoms with Crippen molar-refractivity contribution in [3.05, 3.63) is 52.6 Å². The molecule has 0 N–H and O–H groups in total. The highest BCUT2D eigenvalue weighted by Crippen LogP contribution is 2.54. The van der Waals surface area contributed by atoms with E-state index in [4.69, 9.17) is 23.7 Å². The van der Waals surface area contributed by atoms with Gasteiger partial charge in [0.05, 0.1) is 57.8 Å². The Balaban J connectivity index is 3.13. The van der Waals surface area contributed by atoms with Gasteiger partial charge in [0.15, 0.2) is 4.75 Å². The first-order chi connectivity index (χ1) is 15.2. The van der Waals surface area contributed by atoms with Gasteiger partial charge < -0.3 is 23.7 Å². The highest BCUT2D eigenvalue weighted by Gasteiger charge is 2.63. The Morgan fingerprint density at radius 1 is 0.625 bits per heavy atom. The van der Waals surface area contributed by atoms with Gasteiger partial charge in [-0.25, -0.2) is 24.0 Å². The molecule has 0 fully saturated rings. The molecule has 0 saturated carbocycles. The molecule has 0 radical (unpaired) electrons. The molecule has 1 aromatic rings. The minimum absolute atomic E-state index is 0.399. The Morgan fingerprint density at radius 2 is 1.03 bits per heavy atom. The Labute approximate surface area is 187 Å². The lowest BCUT2D eigenvalue weighted by Crippen LogP contribution is -2.44. The topological polar surface area (TPSA) is 132 Å². The second-order valence-electron chi connectivity index (χ2n) is 6.05. The summed E-state index contributed by atoms with van der Waals surface area (Å²) < 4.78 is 21.7. The van der Waals surface area contributed by atoms with E-state index in [1.807, 2.05) is 0 Å². The normalized spacial score (nSPS) is 14.5. The maximum atomic E-state index is 13.3. The molecule has 2 rings (SSSR count). The van der Waals surface area contributed by atoms with Gasteiger partial charge in [0.25, 0.3) is 0 Å². The first-order valence-electron chi connectivity index (χ1n) is 8.90. The van der Waals surface area contributed by atoms with Gasteiger partial charge in [-0.1, -0.05) is 30.0 Å². The van der Waals surface area contributed by atoms with E-state index < -0.39 is 56.9 Å². The summed E-state index contributed by atoms with van der Waals surface area (Å²) in [6.07, 6.45) is 0. The van der Waals surface area contributed by atoms with Gasteiger partial charge in [-0.3, -0.25) is 0 Å². The molecule has 170 valence electrons. The average molecular weight is 464 g/mol. The van der Waals surface area contributed by atoms with Gasteiger partial charge in [0, 0.05) is 4.90 Å². The van der Waals surface area contributed by atoms with E-state index in [-0.39, 0.29) is 0 Å². The van der Waals surface area contributed by atoms with Gasteiger partial charge in [-0.15, -0.1) is 0 Å². The summed E-state index contributed by atoms with van der Waals surface area (Å²) in [4.78, 5) is 65.1. The highest BCUT2D eigenvalue weighted by molar-refractivity contribution is 8.02. The molecule has 0 spiro atoms. The zero-order valence-corrected chi connectivity index (χ0v) is 18.7. The van der Waals surface area contributed by atoms with Crippen LogP contribution in [0.4, 0.5) is 0 Å². The standard InChI is InChI=1S/C21H20O10S/c1-27-16(22)12-13(17(23)28-2)15(19(25)30-4)21(20(26)31-5,14(12)18(24)29-3)32-11-9-7-6-8-10-11/h6-10H,1-5H3. The fourth-order valence-electron chi connectivity index (χ4n) is 3.19. The zero-order chi connectivity index (χ0) is 24.1. The number of benzene rings is 1. The molecular formula is C21H20O10S. The van der Waals surface area contributed by atoms with Crippen molar-refractivity contribution in [3.63, 3.8) is 0 Å². The second-order valence-corrected chi connectivity index (χ2v) is 7.34. The van der Waals surface area contributed by atoms with Crippen LogP contribution < -0.4 is 0 Å². The fraction of sp³-hybridized carbons (Fsp3) is 0.286. The number of methoxy groups -OCH3 is 5. The van der Waals surface area contributed by atoms with E-state index in [2.05, 4.69) is 0 Å². The molecule has 0 saturated heterocycles. The minimum atomic E-state index is -2.34. The summed E-state index contributed by atoms with van der Waals surface area (Å²) in [6.45, 7) is 0. The van der Waals surface area contributed by atoms with E-state index in [0.29, 0.717) is 16.7 Å². The van der Waals surface area contributed by atoms with Gasteiger partial charge in [0.1, 0.15) is 0 Å². The maximum absolute atomic E-state index is 13.3. The highest BCUT2D eigenvalue weighted by atomic mass is 32.2. The molecule has 1 aliphatic rings. The molecule has 0 atom stereocenters. The Bertz CT molecular complexity index is 970. The first-order valence-corrected chi connectivity index (χ1v) is 9.72. The van der Waals surface area contributed by atoms with Crippen LogP contribution in [-0.2, 0) is 47.7 Å². The van der Waals surface area contributed by atoms with E-state index in [9.17, 15) is 24.0 Å². The molecule has 0 aliphatic heterocycles. The molecule has 0 heterocycles. The summed E-state index contributed by atoms with van der Waals surface area (Å²) in [5, 5.41) is 0. The van der Waals surface area contributed by atoms with Crippen LogP contribution >= 0.6 is 11.8 Å². The molecule has 11 heteroatoms. The number of rotatable bonds is 7. The lowest BCUT2D eigenvalue weighted by molar-refractivity contribution is -0.147. The minimum Gasteiger partial charge on any atom is -0.467 e. The molecule has 0 unspecified atom stereocenters. The van der Waals surface area contributed by atoms with Crippen LogP contribution in [0.5, 0.6) is 0 Å². The first kappa shape index (κ1) is 24.7. The van der Waals surface area contributed by atoms with Gasteiger partial charge in [0.2, 0.25) is 0 Å². The lowest BCUT2D eigenvalue weighted by atomic mass is 9.93. The van der Waals surface area contributed by atoms with Crippen LogP contribution in [0.1, 0.15) is 0 Å². The quantitative estimate of drug-likeness (QED) is 0.423. The third-order valence-corrected chi connectivity index (χ3v) is 5.89. The zero-order valence-electron chi connectivity index (χ0n) is 17.9. The van der Waals surface area contributed by atoms with Crippen LogP contribution in [0.2, 0.25) is 0 Å². The summed E-state index contributed by atoms with van der Waals surface area (Å²) in [6, 6.07) is 8.18. The number of ether oxygens (including phenoxy) is 5. The molecule has 1 aromatic carbocycles. The predicted molar refractivity (Wildman–Crippen MR) is 109 cm³/mol. The van der Waals surface area contributed by atoms with Crippen molar-refractivity contribution in [1.29, 1.82) is 0 Å². The third kappa shape index (κ3) is 3.98. The van der Waals surface area contributed by atoms with Crippen LogP contribution in [0.3, 0.4) is 0 Å². The molecule has 0 bridgehead atoms. The van der Waals surface area contributed by atoms with Crippen LogP contribution in [0, 0.1) is 0 Å². The van der Waals surface area contributed by atoms with Crippen molar-refractivity contribution < 1.29 is 47.7 Å². The molecule has 10 nitrogen and oxygen atoms in total. The van der Waals surface area contributed by atoms with Crippen molar-refractivity contribution in [2.45, 2.75) is 9.64 Å². The Morgan fingerprint density at radius 3 is 1.38 bits per heavy atom. The molecule has 1 aliphatic carbocycles. The number of carbonyl (C=O) groups is 5. The average Bonchev–Trinajstić information content (AvgIpc) is 3.13. The number of thioether (sulfide) groups is 1. The van der Waals surface area contributed by atoms with Crippen LogP contribution in [0.15, 0.2) is 57.5 Å². The summed E-state index contributed by atoms with van der Waals surface area (Å²) >= 11 is 0.691. The second kappa shape index (κ2) is 10.1. The Kier molecular flexibility index (Phi) is 7.82. The SMILES string of the molecule is COC(=O)C1=C(C(=O)OC)C(Sc2ccccc2)(C(=O)OC)C(C(=O)OC)=C1C(=O)OC. The third-order valence-electron chi connectivity index (χ3n) is 4.50. The van der Waals surface area contributed by atoms with E-state index in [1.165, 1.54) is 0 Å². The fourth-order valence-corrected chi connectivity index (χ4v) is 4.58. The number of hydrogen-bond acceptors (Lipinski definition) is 11.